The molecule has 0 heterocycles. The van der Waals surface area contributed by atoms with Crippen LogP contribution in [0.5, 0.6) is 5.75 Å². The average Bonchev–Trinajstić information content (AvgIpc) is 2.58. The average molecular weight is 341 g/mol. The maximum Gasteiger partial charge on any atom is 0.280 e. The molecule has 2 aromatic carbocycles. The molecule has 2 rings (SSSR count). The predicted molar refractivity (Wildman–Crippen MR) is 94.8 cm³/mol. The van der Waals surface area contributed by atoms with Gasteiger partial charge < -0.3 is 4.74 Å². The highest BCUT2D eigenvalue weighted by Crippen LogP contribution is 2.17. The molecule has 7 nitrogen and oxygen atoms in total. The minimum atomic E-state index is -0.712. The molecular weight excluding hydrogens is 322 g/mol. The summed E-state index contributed by atoms with van der Waals surface area (Å²) in [4.78, 5) is 22.1. The monoisotopic (exact) mass is 341 g/mol. The predicted octanol–water partition coefficient (Wildman–Crippen LogP) is 3.13. The van der Waals surface area contributed by atoms with E-state index in [-0.39, 0.29) is 5.69 Å². The lowest BCUT2D eigenvalue weighted by atomic mass is 10.1. The van der Waals surface area contributed by atoms with E-state index < -0.39 is 16.9 Å². The first-order valence-electron chi connectivity index (χ1n) is 7.68. The van der Waals surface area contributed by atoms with E-state index in [2.05, 4.69) is 10.5 Å². The third kappa shape index (κ3) is 5.13. The van der Waals surface area contributed by atoms with Crippen LogP contribution >= 0.6 is 0 Å². The zero-order valence-corrected chi connectivity index (χ0v) is 14.2. The molecular formula is C18H19N3O4. The molecule has 1 atom stereocenters. The Kier molecular flexibility index (Phi) is 5.84. The summed E-state index contributed by atoms with van der Waals surface area (Å²) in [6.07, 6.45) is 0.695. The maximum atomic E-state index is 12.0. The topological polar surface area (TPSA) is 93.8 Å². The van der Waals surface area contributed by atoms with E-state index in [0.29, 0.717) is 11.3 Å². The van der Waals surface area contributed by atoms with Crippen LogP contribution in [0.2, 0.25) is 0 Å². The van der Waals surface area contributed by atoms with Crippen molar-refractivity contribution >= 4 is 17.8 Å². The van der Waals surface area contributed by atoms with Gasteiger partial charge in [-0.3, -0.25) is 14.9 Å². The quantitative estimate of drug-likeness (QED) is 0.496. The standard InChI is InChI=1S/C18H19N3O4/c1-12-4-9-17(10-13(12)2)25-14(3)18(22)20-19-11-15-5-7-16(8-6-15)21(23)24/h4-11,14H,1-3H3,(H,20,22)/b19-11+. The Hall–Kier alpha value is -3.22. The number of hydrogen-bond acceptors (Lipinski definition) is 5. The number of rotatable bonds is 6. The van der Waals surface area contributed by atoms with Gasteiger partial charge in [0.25, 0.3) is 11.6 Å². The third-order valence-electron chi connectivity index (χ3n) is 3.65. The Morgan fingerprint density at radius 2 is 1.88 bits per heavy atom. The van der Waals surface area contributed by atoms with Gasteiger partial charge in [-0.1, -0.05) is 6.07 Å². The molecule has 0 bridgehead atoms. The molecule has 0 saturated carbocycles. The molecule has 0 aliphatic carbocycles. The van der Waals surface area contributed by atoms with Crippen LogP contribution in [0.25, 0.3) is 0 Å². The molecule has 0 radical (unpaired) electrons. The van der Waals surface area contributed by atoms with Gasteiger partial charge in [0.15, 0.2) is 6.10 Å². The van der Waals surface area contributed by atoms with Crippen LogP contribution in [0.3, 0.4) is 0 Å². The highest BCUT2D eigenvalue weighted by atomic mass is 16.6. The van der Waals surface area contributed by atoms with Crippen LogP contribution in [-0.4, -0.2) is 23.1 Å². The van der Waals surface area contributed by atoms with Gasteiger partial charge in [-0.25, -0.2) is 5.43 Å². The van der Waals surface area contributed by atoms with Gasteiger partial charge in [-0.05, 0) is 61.7 Å². The number of hydrazone groups is 1. The van der Waals surface area contributed by atoms with Crippen LogP contribution in [0.1, 0.15) is 23.6 Å². The summed E-state index contributed by atoms with van der Waals surface area (Å²) in [7, 11) is 0. The van der Waals surface area contributed by atoms with Gasteiger partial charge in [0.2, 0.25) is 0 Å². The highest BCUT2D eigenvalue weighted by Gasteiger charge is 2.14. The smallest absolute Gasteiger partial charge is 0.280 e. The number of ether oxygens (including phenoxy) is 1. The number of nitro benzene ring substituents is 1. The molecule has 7 heteroatoms. The maximum absolute atomic E-state index is 12.0. The molecule has 2 aromatic rings. The van der Waals surface area contributed by atoms with Crippen molar-refractivity contribution in [3.05, 3.63) is 69.3 Å². The zero-order valence-electron chi connectivity index (χ0n) is 14.2. The Morgan fingerprint density at radius 1 is 1.20 bits per heavy atom. The van der Waals surface area contributed by atoms with Crippen LogP contribution in [0.4, 0.5) is 5.69 Å². The molecule has 0 aromatic heterocycles. The summed E-state index contributed by atoms with van der Waals surface area (Å²) < 4.78 is 5.60. The summed E-state index contributed by atoms with van der Waals surface area (Å²) >= 11 is 0. The Labute approximate surface area is 145 Å². The first kappa shape index (κ1) is 18.1. The zero-order chi connectivity index (χ0) is 18.4. The lowest BCUT2D eigenvalue weighted by Gasteiger charge is -2.14. The summed E-state index contributed by atoms with van der Waals surface area (Å²) in [6.45, 7) is 5.61. The number of aryl methyl sites for hydroxylation is 2. The summed E-state index contributed by atoms with van der Waals surface area (Å²) in [5, 5.41) is 14.4. The molecule has 1 unspecified atom stereocenters. The van der Waals surface area contributed by atoms with Gasteiger partial charge in [0, 0.05) is 12.1 Å². The highest BCUT2D eigenvalue weighted by molar-refractivity contribution is 5.84. The van der Waals surface area contributed by atoms with Crippen molar-refractivity contribution in [3.8, 4) is 5.75 Å². The largest absolute Gasteiger partial charge is 0.481 e. The molecule has 0 aliphatic rings. The van der Waals surface area contributed by atoms with Crippen molar-refractivity contribution in [1.29, 1.82) is 0 Å². The fourth-order valence-electron chi connectivity index (χ4n) is 1.99. The van der Waals surface area contributed by atoms with Gasteiger partial charge in [-0.2, -0.15) is 5.10 Å². The first-order valence-corrected chi connectivity index (χ1v) is 7.68. The number of carbonyl (C=O) groups excluding carboxylic acids is 1. The van der Waals surface area contributed by atoms with E-state index in [1.54, 1.807) is 19.1 Å². The number of non-ortho nitro benzene ring substituents is 1. The van der Waals surface area contributed by atoms with Crippen molar-refractivity contribution < 1.29 is 14.5 Å². The minimum Gasteiger partial charge on any atom is -0.481 e. The number of nitrogens with zero attached hydrogens (tertiary/aromatic N) is 2. The number of nitro groups is 1. The van der Waals surface area contributed by atoms with Crippen molar-refractivity contribution in [2.75, 3.05) is 0 Å². The van der Waals surface area contributed by atoms with E-state index in [0.717, 1.165) is 11.1 Å². The molecule has 1 amide bonds. The van der Waals surface area contributed by atoms with Crippen molar-refractivity contribution in [1.82, 2.24) is 5.43 Å². The van der Waals surface area contributed by atoms with E-state index in [9.17, 15) is 14.9 Å². The van der Waals surface area contributed by atoms with Crippen LogP contribution in [-0.2, 0) is 4.79 Å². The SMILES string of the molecule is Cc1ccc(OC(C)C(=O)N/N=C/c2ccc([N+](=O)[O-])cc2)cc1C. The van der Waals surface area contributed by atoms with E-state index >= 15 is 0 Å². The molecule has 1 N–H and O–H groups in total. The van der Waals surface area contributed by atoms with E-state index in [1.807, 2.05) is 32.0 Å². The lowest BCUT2D eigenvalue weighted by molar-refractivity contribution is -0.384. The molecule has 0 fully saturated rings. The lowest BCUT2D eigenvalue weighted by Crippen LogP contribution is -2.33. The van der Waals surface area contributed by atoms with Crippen LogP contribution < -0.4 is 10.2 Å². The molecule has 0 aliphatic heterocycles. The summed E-state index contributed by atoms with van der Waals surface area (Å²) in [5.74, 6) is 0.224. The Balaban J connectivity index is 1.90. The molecule has 25 heavy (non-hydrogen) atoms. The second-order valence-corrected chi connectivity index (χ2v) is 5.59. The normalized spacial score (nSPS) is 12.0. The number of hydrogen-bond donors (Lipinski definition) is 1. The van der Waals surface area contributed by atoms with Crippen molar-refractivity contribution in [3.63, 3.8) is 0 Å². The van der Waals surface area contributed by atoms with Gasteiger partial charge in [0.05, 0.1) is 11.1 Å². The molecule has 130 valence electrons. The van der Waals surface area contributed by atoms with Crippen molar-refractivity contribution in [2.24, 2.45) is 5.10 Å². The third-order valence-corrected chi connectivity index (χ3v) is 3.65. The number of nitrogens with one attached hydrogen (secondary N) is 1. The van der Waals surface area contributed by atoms with Gasteiger partial charge in [-0.15, -0.1) is 0 Å². The second-order valence-electron chi connectivity index (χ2n) is 5.59. The Morgan fingerprint density at radius 3 is 2.48 bits per heavy atom. The fraction of sp³-hybridized carbons (Fsp3) is 0.222. The first-order chi connectivity index (χ1) is 11.9. The van der Waals surface area contributed by atoms with Gasteiger partial charge in [0.1, 0.15) is 5.75 Å². The molecule has 0 saturated heterocycles. The second kappa shape index (κ2) is 8.05. The number of carbonyl (C=O) groups is 1. The Bertz CT molecular complexity index is 800. The van der Waals surface area contributed by atoms with E-state index in [1.165, 1.54) is 18.3 Å². The van der Waals surface area contributed by atoms with Crippen molar-refractivity contribution in [2.45, 2.75) is 26.9 Å². The van der Waals surface area contributed by atoms with Crippen LogP contribution in [0.15, 0.2) is 47.6 Å². The number of benzene rings is 2. The van der Waals surface area contributed by atoms with Crippen LogP contribution in [0, 0.1) is 24.0 Å². The number of amides is 1. The molecule has 0 spiro atoms. The minimum absolute atomic E-state index is 0.00315. The summed E-state index contributed by atoms with van der Waals surface area (Å²) in [5.41, 5.74) is 5.25. The summed E-state index contributed by atoms with van der Waals surface area (Å²) in [6, 6.07) is 11.4. The van der Waals surface area contributed by atoms with Gasteiger partial charge >= 0.3 is 0 Å². The fourth-order valence-corrected chi connectivity index (χ4v) is 1.99. The van der Waals surface area contributed by atoms with E-state index in [4.69, 9.17) is 4.74 Å².